The average Bonchev–Trinajstić information content (AvgIpc) is 2.70. The summed E-state index contributed by atoms with van der Waals surface area (Å²) < 4.78 is 5.45. The molecule has 2 heterocycles. The van der Waals surface area contributed by atoms with Gasteiger partial charge in [0.2, 0.25) is 0 Å². The first kappa shape index (κ1) is 12.7. The number of hydrogen-bond donors (Lipinski definition) is 1. The minimum absolute atomic E-state index is 0.263. The van der Waals surface area contributed by atoms with Crippen LogP contribution in [0.5, 0.6) is 0 Å². The van der Waals surface area contributed by atoms with Gasteiger partial charge in [0, 0.05) is 6.04 Å². The molecule has 2 saturated heterocycles. The first-order valence-electron chi connectivity index (χ1n) is 6.47. The van der Waals surface area contributed by atoms with Crippen LogP contribution < -0.4 is 0 Å². The van der Waals surface area contributed by atoms with E-state index in [-0.39, 0.29) is 17.7 Å². The molecule has 0 aliphatic carbocycles. The van der Waals surface area contributed by atoms with Gasteiger partial charge in [-0.15, -0.1) is 0 Å². The minimum atomic E-state index is -0.484. The van der Waals surface area contributed by atoms with E-state index in [1.807, 2.05) is 25.7 Å². The van der Waals surface area contributed by atoms with Gasteiger partial charge in [-0.05, 0) is 53.4 Å². The predicted molar refractivity (Wildman–Crippen MR) is 64.7 cm³/mol. The van der Waals surface area contributed by atoms with Crippen LogP contribution in [-0.4, -0.2) is 39.4 Å². The van der Waals surface area contributed by atoms with Gasteiger partial charge in [-0.3, -0.25) is 4.90 Å². The summed E-state index contributed by atoms with van der Waals surface area (Å²) in [4.78, 5) is 14.0. The Morgan fingerprint density at radius 2 is 1.94 bits per heavy atom. The molecule has 0 radical (unpaired) electrons. The molecule has 0 aromatic carbocycles. The fraction of sp³-hybridized carbons (Fsp3) is 0.923. The van der Waals surface area contributed by atoms with Crippen molar-refractivity contribution in [2.75, 3.05) is 0 Å². The molecule has 1 atom stereocenters. The average molecular weight is 241 g/mol. The summed E-state index contributed by atoms with van der Waals surface area (Å²) in [5, 5.41) is 10.00. The van der Waals surface area contributed by atoms with Gasteiger partial charge in [-0.1, -0.05) is 0 Å². The molecule has 0 aromatic heterocycles. The molecule has 2 fully saturated rings. The molecule has 2 bridgehead atoms. The zero-order chi connectivity index (χ0) is 12.8. The molecule has 2 aliphatic heterocycles. The van der Waals surface area contributed by atoms with Crippen LogP contribution >= 0.6 is 0 Å². The van der Waals surface area contributed by atoms with E-state index in [0.717, 1.165) is 25.7 Å². The van der Waals surface area contributed by atoms with Gasteiger partial charge in [-0.2, -0.15) is 0 Å². The van der Waals surface area contributed by atoms with Crippen molar-refractivity contribution >= 4 is 6.09 Å². The topological polar surface area (TPSA) is 49.8 Å². The van der Waals surface area contributed by atoms with Crippen molar-refractivity contribution in [2.45, 2.75) is 76.7 Å². The monoisotopic (exact) mass is 241 g/mol. The van der Waals surface area contributed by atoms with Crippen molar-refractivity contribution in [3.63, 3.8) is 0 Å². The largest absolute Gasteiger partial charge is 0.444 e. The molecule has 0 unspecified atom stereocenters. The summed E-state index contributed by atoms with van der Waals surface area (Å²) in [6.07, 6.45) is 3.03. The summed E-state index contributed by atoms with van der Waals surface area (Å²) in [5.41, 5.74) is -0.841. The Balaban J connectivity index is 2.18. The Bertz CT molecular complexity index is 311. The number of amides is 1. The second kappa shape index (κ2) is 3.87. The third-order valence-corrected chi connectivity index (χ3v) is 4.03. The standard InChI is InChI=1S/C13H23NO3/c1-9(15)13-7-5-10(6-8-13)14(13)11(16)17-12(2,3)4/h9-10,15H,5-8H2,1-4H3/t9-,10?,13?/m0/s1. The zero-order valence-electron chi connectivity index (χ0n) is 11.2. The summed E-state index contributed by atoms with van der Waals surface area (Å²) in [6, 6.07) is 0.263. The van der Waals surface area contributed by atoms with Crippen molar-refractivity contribution in [3.05, 3.63) is 0 Å². The number of aliphatic hydroxyl groups excluding tert-OH is 1. The molecule has 4 nitrogen and oxygen atoms in total. The van der Waals surface area contributed by atoms with Crippen LogP contribution in [0.1, 0.15) is 53.4 Å². The first-order chi connectivity index (χ1) is 7.76. The maximum atomic E-state index is 12.2. The van der Waals surface area contributed by atoms with Gasteiger partial charge >= 0.3 is 6.09 Å². The van der Waals surface area contributed by atoms with Gasteiger partial charge in [0.15, 0.2) is 0 Å². The van der Waals surface area contributed by atoms with Crippen molar-refractivity contribution < 1.29 is 14.6 Å². The maximum absolute atomic E-state index is 12.2. The van der Waals surface area contributed by atoms with Crippen LogP contribution in [0.4, 0.5) is 4.79 Å². The van der Waals surface area contributed by atoms with Crippen LogP contribution in [0, 0.1) is 0 Å². The molecule has 2 aliphatic rings. The van der Waals surface area contributed by atoms with Crippen molar-refractivity contribution in [2.24, 2.45) is 0 Å². The second-order valence-electron chi connectivity index (χ2n) is 6.36. The van der Waals surface area contributed by atoms with Crippen LogP contribution in [0.25, 0.3) is 0 Å². The minimum Gasteiger partial charge on any atom is -0.444 e. The van der Waals surface area contributed by atoms with Crippen molar-refractivity contribution in [1.29, 1.82) is 0 Å². The molecular formula is C13H23NO3. The van der Waals surface area contributed by atoms with E-state index >= 15 is 0 Å². The van der Waals surface area contributed by atoms with E-state index in [1.54, 1.807) is 6.92 Å². The molecule has 17 heavy (non-hydrogen) atoms. The van der Waals surface area contributed by atoms with E-state index < -0.39 is 11.7 Å². The number of carbonyl (C=O) groups is 1. The Hall–Kier alpha value is -0.770. The van der Waals surface area contributed by atoms with E-state index in [0.29, 0.717) is 0 Å². The fourth-order valence-electron chi connectivity index (χ4n) is 3.23. The van der Waals surface area contributed by atoms with Gasteiger partial charge in [0.05, 0.1) is 11.6 Å². The number of rotatable bonds is 1. The number of ether oxygens (including phenoxy) is 1. The van der Waals surface area contributed by atoms with Gasteiger partial charge in [-0.25, -0.2) is 4.79 Å². The fourth-order valence-corrected chi connectivity index (χ4v) is 3.23. The lowest BCUT2D eigenvalue weighted by Crippen LogP contribution is -2.53. The van der Waals surface area contributed by atoms with Crippen molar-refractivity contribution in [3.8, 4) is 0 Å². The third-order valence-electron chi connectivity index (χ3n) is 4.03. The molecule has 0 spiro atoms. The first-order valence-corrected chi connectivity index (χ1v) is 6.47. The Kier molecular flexibility index (Phi) is 2.89. The van der Waals surface area contributed by atoms with E-state index in [4.69, 9.17) is 4.74 Å². The van der Waals surface area contributed by atoms with Gasteiger partial charge < -0.3 is 9.84 Å². The SMILES string of the molecule is C[C@H](O)C12CCC(CC1)N2C(=O)OC(C)(C)C. The van der Waals surface area contributed by atoms with Gasteiger partial charge in [0.25, 0.3) is 0 Å². The summed E-state index contributed by atoms with van der Waals surface area (Å²) in [5.74, 6) is 0. The smallest absolute Gasteiger partial charge is 0.411 e. The lowest BCUT2D eigenvalue weighted by molar-refractivity contribution is -0.0207. The molecule has 4 heteroatoms. The summed E-state index contributed by atoms with van der Waals surface area (Å²) >= 11 is 0. The van der Waals surface area contributed by atoms with Gasteiger partial charge in [0.1, 0.15) is 5.60 Å². The molecule has 98 valence electrons. The normalized spacial score (nSPS) is 33.9. The van der Waals surface area contributed by atoms with Crippen LogP contribution in [0.15, 0.2) is 0 Å². The highest BCUT2D eigenvalue weighted by molar-refractivity contribution is 5.71. The van der Waals surface area contributed by atoms with E-state index in [1.165, 1.54) is 0 Å². The molecule has 1 N–H and O–H groups in total. The maximum Gasteiger partial charge on any atom is 0.411 e. The number of aliphatic hydroxyl groups is 1. The number of fused-ring (bicyclic) bond motifs is 2. The predicted octanol–water partition coefficient (Wildman–Crippen LogP) is 2.30. The quantitative estimate of drug-likeness (QED) is 0.766. The zero-order valence-corrected chi connectivity index (χ0v) is 11.2. The summed E-state index contributed by atoms with van der Waals surface area (Å²) in [6.45, 7) is 7.40. The third kappa shape index (κ3) is 2.03. The Morgan fingerprint density at radius 1 is 1.41 bits per heavy atom. The lowest BCUT2D eigenvalue weighted by Gasteiger charge is -2.38. The van der Waals surface area contributed by atoms with Crippen LogP contribution in [0.3, 0.4) is 0 Å². The van der Waals surface area contributed by atoms with Crippen LogP contribution in [-0.2, 0) is 4.74 Å². The molecule has 0 aromatic rings. The Morgan fingerprint density at radius 3 is 2.35 bits per heavy atom. The lowest BCUT2D eigenvalue weighted by atomic mass is 9.84. The molecular weight excluding hydrogens is 218 g/mol. The second-order valence-corrected chi connectivity index (χ2v) is 6.36. The highest BCUT2D eigenvalue weighted by Crippen LogP contribution is 2.48. The number of carbonyl (C=O) groups excluding carboxylic acids is 1. The van der Waals surface area contributed by atoms with E-state index in [9.17, 15) is 9.90 Å². The van der Waals surface area contributed by atoms with Crippen LogP contribution in [0.2, 0.25) is 0 Å². The summed E-state index contributed by atoms with van der Waals surface area (Å²) in [7, 11) is 0. The van der Waals surface area contributed by atoms with Crippen molar-refractivity contribution in [1.82, 2.24) is 4.90 Å². The highest BCUT2D eigenvalue weighted by atomic mass is 16.6. The highest BCUT2D eigenvalue weighted by Gasteiger charge is 2.57. The number of nitrogens with zero attached hydrogens (tertiary/aromatic N) is 1. The Labute approximate surface area is 103 Å². The molecule has 2 rings (SSSR count). The molecule has 1 amide bonds. The molecule has 0 saturated carbocycles. The number of hydrogen-bond acceptors (Lipinski definition) is 3. The van der Waals surface area contributed by atoms with E-state index in [2.05, 4.69) is 0 Å².